The van der Waals surface area contributed by atoms with Crippen LogP contribution in [0.5, 0.6) is 23.0 Å². The molecule has 0 bridgehead atoms. The lowest BCUT2D eigenvalue weighted by atomic mass is 9.68. The minimum Gasteiger partial charge on any atom is -0.449 e. The van der Waals surface area contributed by atoms with Crippen LogP contribution < -0.4 is 14.9 Å². The van der Waals surface area contributed by atoms with Crippen LogP contribution in [-0.4, -0.2) is 18.3 Å². The minimum absolute atomic E-state index is 0.429. The zero-order valence-corrected chi connectivity index (χ0v) is 24.0. The van der Waals surface area contributed by atoms with Gasteiger partial charge < -0.3 is 18.8 Å². The molecule has 5 heteroatoms. The van der Waals surface area contributed by atoms with Crippen molar-refractivity contribution in [2.75, 3.05) is 0 Å². The number of rotatable bonds is 1. The van der Waals surface area contributed by atoms with Crippen molar-refractivity contribution >= 4 is 12.6 Å². The molecule has 0 radical (unpaired) electrons. The van der Waals surface area contributed by atoms with Gasteiger partial charge in [0.2, 0.25) is 0 Å². The van der Waals surface area contributed by atoms with Crippen LogP contribution in [-0.2, 0) is 14.7 Å². The van der Waals surface area contributed by atoms with Crippen molar-refractivity contribution in [1.82, 2.24) is 0 Å². The number of hydrogen-bond donors (Lipinski definition) is 0. The topological polar surface area (TPSA) is 36.9 Å². The van der Waals surface area contributed by atoms with E-state index in [2.05, 4.69) is 107 Å². The van der Waals surface area contributed by atoms with Crippen molar-refractivity contribution in [3.8, 4) is 45.3 Å². The molecule has 0 aromatic heterocycles. The van der Waals surface area contributed by atoms with Crippen LogP contribution in [0.2, 0.25) is 0 Å². The SMILES string of the molecule is CC1(C)OB(c2ccc3c(c2)C2(c4ccccc4-c4ccccc42)c2ccc4c(c2-3)Oc2ccccc2O4)OC1(C)C. The Morgan fingerprint density at radius 2 is 1.10 bits per heavy atom. The van der Waals surface area contributed by atoms with Gasteiger partial charge in [-0.2, -0.15) is 0 Å². The molecule has 9 rings (SSSR count). The lowest BCUT2D eigenvalue weighted by molar-refractivity contribution is 0.00578. The lowest BCUT2D eigenvalue weighted by Gasteiger charge is -2.32. The number of benzene rings is 5. The van der Waals surface area contributed by atoms with Crippen molar-refractivity contribution in [2.45, 2.75) is 44.3 Å². The Labute approximate surface area is 246 Å². The lowest BCUT2D eigenvalue weighted by Crippen LogP contribution is -2.41. The summed E-state index contributed by atoms with van der Waals surface area (Å²) in [7, 11) is -0.465. The van der Waals surface area contributed by atoms with Crippen molar-refractivity contribution in [3.63, 3.8) is 0 Å². The van der Waals surface area contributed by atoms with Crippen molar-refractivity contribution in [1.29, 1.82) is 0 Å². The van der Waals surface area contributed by atoms with Crippen molar-refractivity contribution in [3.05, 3.63) is 125 Å². The fraction of sp³-hybridized carbons (Fsp3) is 0.189. The summed E-state index contributed by atoms with van der Waals surface area (Å²) >= 11 is 0. The van der Waals surface area contributed by atoms with Gasteiger partial charge in [-0.1, -0.05) is 84.9 Å². The van der Waals surface area contributed by atoms with E-state index in [1.54, 1.807) is 0 Å². The maximum atomic E-state index is 6.67. The van der Waals surface area contributed by atoms with Gasteiger partial charge in [0.15, 0.2) is 23.0 Å². The van der Waals surface area contributed by atoms with Gasteiger partial charge >= 0.3 is 7.12 Å². The summed E-state index contributed by atoms with van der Waals surface area (Å²) in [5.74, 6) is 2.94. The molecule has 0 N–H and O–H groups in total. The zero-order valence-electron chi connectivity index (χ0n) is 24.0. The third-order valence-electron chi connectivity index (χ3n) is 10.0. The smallest absolute Gasteiger partial charge is 0.449 e. The third kappa shape index (κ3) is 2.90. The molecule has 0 atom stereocenters. The summed E-state index contributed by atoms with van der Waals surface area (Å²) in [6, 6.07) is 36.4. The Balaban J connectivity index is 1.35. The van der Waals surface area contributed by atoms with Crippen LogP contribution >= 0.6 is 0 Å². The van der Waals surface area contributed by atoms with E-state index < -0.39 is 23.7 Å². The van der Waals surface area contributed by atoms with E-state index in [1.165, 1.54) is 33.4 Å². The number of fused-ring (bicyclic) bond motifs is 13. The van der Waals surface area contributed by atoms with Gasteiger partial charge in [-0.05, 0) is 90.3 Å². The highest BCUT2D eigenvalue weighted by Crippen LogP contribution is 2.66. The van der Waals surface area contributed by atoms with Gasteiger partial charge in [-0.25, -0.2) is 0 Å². The zero-order chi connectivity index (χ0) is 28.4. The largest absolute Gasteiger partial charge is 0.494 e. The first-order valence-electron chi connectivity index (χ1n) is 14.6. The summed E-state index contributed by atoms with van der Waals surface area (Å²) in [6.45, 7) is 8.40. The molecule has 204 valence electrons. The fourth-order valence-corrected chi connectivity index (χ4v) is 7.35. The Kier molecular flexibility index (Phi) is 4.60. The summed E-state index contributed by atoms with van der Waals surface area (Å²) in [5.41, 5.74) is 9.31. The first-order valence-corrected chi connectivity index (χ1v) is 14.6. The second kappa shape index (κ2) is 7.94. The Hall–Kier alpha value is -4.32. The molecule has 0 amide bonds. The molecule has 2 heterocycles. The highest BCUT2D eigenvalue weighted by molar-refractivity contribution is 6.62. The first kappa shape index (κ1) is 24.3. The van der Waals surface area contributed by atoms with Gasteiger partial charge in [0.25, 0.3) is 0 Å². The molecule has 4 nitrogen and oxygen atoms in total. The Morgan fingerprint density at radius 1 is 0.500 bits per heavy atom. The molecule has 4 aliphatic rings. The van der Waals surface area contributed by atoms with Gasteiger partial charge in [-0.3, -0.25) is 0 Å². The third-order valence-corrected chi connectivity index (χ3v) is 10.0. The molecule has 1 spiro atoms. The van der Waals surface area contributed by atoms with Crippen LogP contribution in [0.15, 0.2) is 103 Å². The molecule has 1 fully saturated rings. The number of para-hydroxylation sites is 2. The van der Waals surface area contributed by atoms with E-state index in [0.29, 0.717) is 0 Å². The van der Waals surface area contributed by atoms with Gasteiger partial charge in [0, 0.05) is 5.56 Å². The predicted molar refractivity (Wildman–Crippen MR) is 165 cm³/mol. The van der Waals surface area contributed by atoms with Gasteiger partial charge in [-0.15, -0.1) is 0 Å². The second-order valence-electron chi connectivity index (χ2n) is 12.7. The van der Waals surface area contributed by atoms with Crippen molar-refractivity contribution in [2.24, 2.45) is 0 Å². The molecule has 2 aliphatic carbocycles. The van der Waals surface area contributed by atoms with E-state index in [-0.39, 0.29) is 0 Å². The summed E-state index contributed by atoms with van der Waals surface area (Å²) in [6.07, 6.45) is 0. The maximum Gasteiger partial charge on any atom is 0.494 e. The van der Waals surface area contributed by atoms with Crippen LogP contribution in [0.1, 0.15) is 49.9 Å². The molecular weight excluding hydrogens is 519 g/mol. The van der Waals surface area contributed by atoms with Crippen LogP contribution in [0.25, 0.3) is 22.3 Å². The maximum absolute atomic E-state index is 6.67. The molecule has 42 heavy (non-hydrogen) atoms. The van der Waals surface area contributed by atoms with Crippen LogP contribution in [0.3, 0.4) is 0 Å². The highest BCUT2D eigenvalue weighted by Gasteiger charge is 2.55. The highest BCUT2D eigenvalue weighted by atomic mass is 16.7. The van der Waals surface area contributed by atoms with E-state index >= 15 is 0 Å². The van der Waals surface area contributed by atoms with E-state index in [1.807, 2.05) is 24.3 Å². The standard InChI is InChI=1S/C37H29BO4/c1-35(2)36(3,4)42-38(41-35)22-17-18-25-29(21-22)37(26-13-7-5-11-23(26)24-12-6-8-14-27(24)37)28-19-20-32-34(33(25)28)40-31-16-10-9-15-30(31)39-32/h5-21H,1-4H3. The quantitative estimate of drug-likeness (QED) is 0.194. The molecule has 1 saturated heterocycles. The number of hydrogen-bond acceptors (Lipinski definition) is 4. The fourth-order valence-electron chi connectivity index (χ4n) is 7.35. The van der Waals surface area contributed by atoms with Crippen molar-refractivity contribution < 1.29 is 18.8 Å². The first-order chi connectivity index (χ1) is 20.3. The van der Waals surface area contributed by atoms with Crippen LogP contribution in [0.4, 0.5) is 0 Å². The average Bonchev–Trinajstić information content (AvgIpc) is 3.55. The average molecular weight is 548 g/mol. The van der Waals surface area contributed by atoms with E-state index in [9.17, 15) is 0 Å². The second-order valence-corrected chi connectivity index (χ2v) is 12.7. The molecular formula is C37H29BO4. The molecule has 0 unspecified atom stereocenters. The van der Waals surface area contributed by atoms with Crippen LogP contribution in [0, 0.1) is 0 Å². The van der Waals surface area contributed by atoms with E-state index in [0.717, 1.165) is 39.6 Å². The summed E-state index contributed by atoms with van der Waals surface area (Å²) in [4.78, 5) is 0. The normalized spacial score (nSPS) is 18.7. The summed E-state index contributed by atoms with van der Waals surface area (Å²) < 4.78 is 26.1. The molecule has 0 saturated carbocycles. The van der Waals surface area contributed by atoms with Gasteiger partial charge in [0.05, 0.1) is 16.6 Å². The molecule has 5 aromatic rings. The molecule has 2 aliphatic heterocycles. The monoisotopic (exact) mass is 548 g/mol. The molecule has 5 aromatic carbocycles. The van der Waals surface area contributed by atoms with E-state index in [4.69, 9.17) is 18.8 Å². The number of ether oxygens (including phenoxy) is 2. The predicted octanol–water partition coefficient (Wildman–Crippen LogP) is 8.23. The summed E-state index contributed by atoms with van der Waals surface area (Å²) in [5, 5.41) is 0. The minimum atomic E-state index is -0.521. The Morgan fingerprint density at radius 3 is 1.76 bits per heavy atom. The Bertz CT molecular complexity index is 1910. The van der Waals surface area contributed by atoms with Gasteiger partial charge in [0.1, 0.15) is 0 Å².